The Bertz CT molecular complexity index is 48.5. The van der Waals surface area contributed by atoms with E-state index in [1.54, 1.807) is 0 Å². The SMILES string of the molecule is CC(C)I.CCC(Br)CC. The lowest BCUT2D eigenvalue weighted by Gasteiger charge is -1.96. The highest BCUT2D eigenvalue weighted by Crippen LogP contribution is 2.06. The minimum absolute atomic E-state index is 0.748. The van der Waals surface area contributed by atoms with Gasteiger partial charge in [-0.3, -0.25) is 0 Å². The summed E-state index contributed by atoms with van der Waals surface area (Å²) in [6, 6.07) is 0. The normalized spacial score (nSPS) is 9.60. The third-order valence-corrected chi connectivity index (χ3v) is 2.18. The average Bonchev–Trinajstić information content (AvgIpc) is 1.85. The van der Waals surface area contributed by atoms with Crippen molar-refractivity contribution in [2.75, 3.05) is 0 Å². The smallest absolute Gasteiger partial charge is 0.0140 e. The Morgan fingerprint density at radius 2 is 1.40 bits per heavy atom. The molecule has 0 radical (unpaired) electrons. The first kappa shape index (κ1) is 13.8. The number of hydrogen-bond donors (Lipinski definition) is 0. The number of rotatable bonds is 2. The van der Waals surface area contributed by atoms with E-state index in [4.69, 9.17) is 0 Å². The van der Waals surface area contributed by atoms with Gasteiger partial charge in [0.25, 0.3) is 0 Å². The Hall–Kier alpha value is 1.21. The molecule has 2 heteroatoms. The molecule has 0 saturated heterocycles. The summed E-state index contributed by atoms with van der Waals surface area (Å²) >= 11 is 5.82. The minimum Gasteiger partial charge on any atom is -0.0891 e. The van der Waals surface area contributed by atoms with Crippen LogP contribution in [-0.2, 0) is 0 Å². The van der Waals surface area contributed by atoms with Gasteiger partial charge in [0.15, 0.2) is 0 Å². The van der Waals surface area contributed by atoms with Crippen LogP contribution in [-0.4, -0.2) is 8.75 Å². The molecule has 0 aliphatic rings. The summed E-state index contributed by atoms with van der Waals surface area (Å²) in [4.78, 5) is 0.748. The molecule has 0 N–H and O–H groups in total. The Labute approximate surface area is 87.4 Å². The summed E-state index contributed by atoms with van der Waals surface area (Å²) in [6.45, 7) is 8.67. The van der Waals surface area contributed by atoms with E-state index in [-0.39, 0.29) is 0 Å². The van der Waals surface area contributed by atoms with Gasteiger partial charge in [-0.15, -0.1) is 0 Å². The molecule has 10 heavy (non-hydrogen) atoms. The predicted molar refractivity (Wildman–Crippen MR) is 62.5 cm³/mol. The lowest BCUT2D eigenvalue weighted by Crippen LogP contribution is -1.88. The van der Waals surface area contributed by atoms with E-state index in [1.165, 1.54) is 12.8 Å². The van der Waals surface area contributed by atoms with Crippen LogP contribution in [0.5, 0.6) is 0 Å². The van der Waals surface area contributed by atoms with Crippen molar-refractivity contribution >= 4 is 38.5 Å². The molecule has 0 aromatic rings. The molecule has 0 heterocycles. The fraction of sp³-hybridized carbons (Fsp3) is 1.00. The zero-order valence-electron chi connectivity index (χ0n) is 7.32. The van der Waals surface area contributed by atoms with E-state index < -0.39 is 0 Å². The molecule has 0 aliphatic carbocycles. The van der Waals surface area contributed by atoms with Gasteiger partial charge < -0.3 is 0 Å². The number of hydrogen-bond acceptors (Lipinski definition) is 0. The third kappa shape index (κ3) is 22.9. The van der Waals surface area contributed by atoms with Crippen molar-refractivity contribution in [1.82, 2.24) is 0 Å². The van der Waals surface area contributed by atoms with Gasteiger partial charge >= 0.3 is 0 Å². The first-order chi connectivity index (χ1) is 4.54. The molecule has 0 nitrogen and oxygen atoms in total. The fourth-order valence-corrected chi connectivity index (χ4v) is 0.289. The standard InChI is InChI=1S/C5H11Br.C3H7I/c1-3-5(6)4-2;1-3(2)4/h5H,3-4H2,1-2H3;3H,1-2H3. The first-order valence-electron chi connectivity index (χ1n) is 3.82. The van der Waals surface area contributed by atoms with Gasteiger partial charge in [0.1, 0.15) is 0 Å². The van der Waals surface area contributed by atoms with Crippen molar-refractivity contribution in [2.24, 2.45) is 0 Å². The van der Waals surface area contributed by atoms with Crippen molar-refractivity contribution in [1.29, 1.82) is 0 Å². The molecule has 0 rings (SSSR count). The van der Waals surface area contributed by atoms with Crippen LogP contribution in [0, 0.1) is 0 Å². The van der Waals surface area contributed by atoms with Crippen molar-refractivity contribution in [3.05, 3.63) is 0 Å². The Morgan fingerprint density at radius 3 is 1.40 bits per heavy atom. The van der Waals surface area contributed by atoms with E-state index in [0.29, 0.717) is 0 Å². The minimum atomic E-state index is 0.748. The van der Waals surface area contributed by atoms with Gasteiger partial charge in [0, 0.05) is 8.75 Å². The Morgan fingerprint density at radius 1 is 1.20 bits per heavy atom. The van der Waals surface area contributed by atoms with Crippen LogP contribution in [0.3, 0.4) is 0 Å². The van der Waals surface area contributed by atoms with Gasteiger partial charge in [-0.25, -0.2) is 0 Å². The second-order valence-electron chi connectivity index (χ2n) is 2.43. The van der Waals surface area contributed by atoms with Crippen molar-refractivity contribution in [2.45, 2.75) is 49.3 Å². The van der Waals surface area contributed by atoms with Gasteiger partial charge in [-0.2, -0.15) is 0 Å². The maximum Gasteiger partial charge on any atom is 0.0140 e. The molecule has 0 aromatic heterocycles. The summed E-state index contributed by atoms with van der Waals surface area (Å²) < 4.78 is 0.803. The number of halogens is 2. The molecule has 0 aromatic carbocycles. The van der Waals surface area contributed by atoms with Crippen LogP contribution in [0.25, 0.3) is 0 Å². The van der Waals surface area contributed by atoms with E-state index in [0.717, 1.165) is 8.75 Å². The molecule has 0 atom stereocenters. The van der Waals surface area contributed by atoms with Crippen molar-refractivity contribution < 1.29 is 0 Å². The van der Waals surface area contributed by atoms with E-state index >= 15 is 0 Å². The fourth-order valence-electron chi connectivity index (χ4n) is 0.289. The maximum absolute atomic E-state index is 3.48. The second-order valence-corrected chi connectivity index (χ2v) is 6.21. The molecule has 0 aliphatic heterocycles. The maximum atomic E-state index is 3.48. The molecule has 0 fully saturated rings. The molecule has 0 saturated carbocycles. The van der Waals surface area contributed by atoms with Crippen LogP contribution in [0.1, 0.15) is 40.5 Å². The Kier molecular flexibility index (Phi) is 14.1. The molecule has 0 spiro atoms. The summed E-state index contributed by atoms with van der Waals surface area (Å²) in [5.41, 5.74) is 0. The summed E-state index contributed by atoms with van der Waals surface area (Å²) in [5.74, 6) is 0. The van der Waals surface area contributed by atoms with Gasteiger partial charge in [0.2, 0.25) is 0 Å². The topological polar surface area (TPSA) is 0 Å². The van der Waals surface area contributed by atoms with E-state index in [2.05, 4.69) is 66.2 Å². The molecular weight excluding hydrogens is 303 g/mol. The predicted octanol–water partition coefficient (Wildman–Crippen LogP) is 4.40. The highest BCUT2D eigenvalue weighted by Gasteiger charge is 1.91. The van der Waals surface area contributed by atoms with Gasteiger partial charge in [-0.05, 0) is 12.8 Å². The largest absolute Gasteiger partial charge is 0.0891 e. The lowest BCUT2D eigenvalue weighted by molar-refractivity contribution is 0.806. The van der Waals surface area contributed by atoms with Crippen LogP contribution in [0.2, 0.25) is 0 Å². The van der Waals surface area contributed by atoms with Gasteiger partial charge in [-0.1, -0.05) is 66.2 Å². The quantitative estimate of drug-likeness (QED) is 0.522. The zero-order valence-corrected chi connectivity index (χ0v) is 11.1. The molecule has 0 unspecified atom stereocenters. The molecule has 64 valence electrons. The van der Waals surface area contributed by atoms with Crippen LogP contribution in [0.4, 0.5) is 0 Å². The van der Waals surface area contributed by atoms with E-state index in [1.807, 2.05) is 0 Å². The van der Waals surface area contributed by atoms with Gasteiger partial charge in [0.05, 0.1) is 0 Å². The van der Waals surface area contributed by atoms with E-state index in [9.17, 15) is 0 Å². The van der Waals surface area contributed by atoms with Crippen LogP contribution < -0.4 is 0 Å². The first-order valence-corrected chi connectivity index (χ1v) is 5.98. The summed E-state index contributed by atoms with van der Waals surface area (Å²) in [7, 11) is 0. The van der Waals surface area contributed by atoms with Crippen molar-refractivity contribution in [3.63, 3.8) is 0 Å². The third-order valence-electron chi connectivity index (χ3n) is 0.886. The number of alkyl halides is 2. The average molecular weight is 321 g/mol. The second kappa shape index (κ2) is 10.2. The Balaban J connectivity index is 0. The zero-order chi connectivity index (χ0) is 8.57. The van der Waals surface area contributed by atoms with Crippen molar-refractivity contribution in [3.8, 4) is 0 Å². The monoisotopic (exact) mass is 320 g/mol. The lowest BCUT2D eigenvalue weighted by atomic mass is 10.3. The molecule has 0 bridgehead atoms. The highest BCUT2D eigenvalue weighted by atomic mass is 127. The summed E-state index contributed by atoms with van der Waals surface area (Å²) in [5, 5.41) is 0. The summed E-state index contributed by atoms with van der Waals surface area (Å²) in [6.07, 6.45) is 2.49. The highest BCUT2D eigenvalue weighted by molar-refractivity contribution is 14.1. The van der Waals surface area contributed by atoms with Crippen LogP contribution in [0.15, 0.2) is 0 Å². The molecular formula is C8H18BrI. The molecule has 0 amide bonds. The van der Waals surface area contributed by atoms with Crippen LogP contribution >= 0.6 is 38.5 Å².